The van der Waals surface area contributed by atoms with Crippen molar-refractivity contribution in [1.29, 1.82) is 0 Å². The van der Waals surface area contributed by atoms with Crippen LogP contribution in [-0.4, -0.2) is 22.2 Å². The van der Waals surface area contributed by atoms with Crippen LogP contribution in [0.15, 0.2) is 66.7 Å². The van der Waals surface area contributed by atoms with Crippen molar-refractivity contribution in [3.8, 4) is 11.3 Å². The molecule has 0 spiro atoms. The molecule has 1 amide bonds. The minimum absolute atomic E-state index is 0.145. The number of aldehydes is 1. The summed E-state index contributed by atoms with van der Waals surface area (Å²) in [5.41, 5.74) is 6.38. The lowest BCUT2D eigenvalue weighted by Crippen LogP contribution is -2.31. The standard InChI is InChI=1S/C29H26FN3O2/c30-22-13-14-23-20(17-22)9-6-11-24(23)33-29(35)21-12-15-25-27(18-21)31-26(10-4-5-16-34)28(32-25)19-7-2-1-3-8-19/h1-3,7-8,12-18,24H,4-6,9-11H2,(H,33,35)/t24-/m1/s1. The molecule has 35 heavy (non-hydrogen) atoms. The number of amides is 1. The Morgan fingerprint density at radius 3 is 2.71 bits per heavy atom. The number of nitrogens with zero attached hydrogens (tertiary/aromatic N) is 2. The van der Waals surface area contributed by atoms with E-state index in [1.165, 1.54) is 6.07 Å². The van der Waals surface area contributed by atoms with E-state index in [1.807, 2.05) is 36.4 Å². The highest BCUT2D eigenvalue weighted by Gasteiger charge is 2.23. The lowest BCUT2D eigenvalue weighted by molar-refractivity contribution is -0.107. The van der Waals surface area contributed by atoms with Crippen molar-refractivity contribution in [2.75, 3.05) is 0 Å². The lowest BCUT2D eigenvalue weighted by Gasteiger charge is -2.26. The molecule has 0 saturated carbocycles. The molecule has 3 aromatic carbocycles. The van der Waals surface area contributed by atoms with Crippen LogP contribution in [0.5, 0.6) is 0 Å². The molecule has 1 aliphatic rings. The Kier molecular flexibility index (Phi) is 6.62. The van der Waals surface area contributed by atoms with E-state index < -0.39 is 0 Å². The van der Waals surface area contributed by atoms with E-state index in [4.69, 9.17) is 9.97 Å². The highest BCUT2D eigenvalue weighted by atomic mass is 19.1. The van der Waals surface area contributed by atoms with Crippen LogP contribution in [0.2, 0.25) is 0 Å². The van der Waals surface area contributed by atoms with E-state index in [2.05, 4.69) is 5.32 Å². The molecule has 5 nitrogen and oxygen atoms in total. The van der Waals surface area contributed by atoms with Gasteiger partial charge in [0, 0.05) is 17.5 Å². The predicted molar refractivity (Wildman–Crippen MR) is 134 cm³/mol. The van der Waals surface area contributed by atoms with Crippen LogP contribution >= 0.6 is 0 Å². The maximum absolute atomic E-state index is 13.6. The van der Waals surface area contributed by atoms with Gasteiger partial charge in [0.05, 0.1) is 28.5 Å². The smallest absolute Gasteiger partial charge is 0.251 e. The molecule has 0 bridgehead atoms. The monoisotopic (exact) mass is 467 g/mol. The minimum atomic E-state index is -0.248. The topological polar surface area (TPSA) is 72.0 Å². The zero-order chi connectivity index (χ0) is 24.2. The summed E-state index contributed by atoms with van der Waals surface area (Å²) in [6.45, 7) is 0. The molecule has 0 fully saturated rings. The zero-order valence-electron chi connectivity index (χ0n) is 19.3. The molecule has 0 aliphatic heterocycles. The highest BCUT2D eigenvalue weighted by molar-refractivity contribution is 5.97. The SMILES string of the molecule is O=CCCCc1nc2cc(C(=O)N[C@@H]3CCCc4cc(F)ccc43)ccc2nc1-c1ccccc1. The summed E-state index contributed by atoms with van der Waals surface area (Å²) in [6.07, 6.45) is 5.22. The van der Waals surface area contributed by atoms with Crippen LogP contribution in [0.1, 0.15) is 58.9 Å². The summed E-state index contributed by atoms with van der Waals surface area (Å²) in [6, 6.07) is 19.9. The average molecular weight is 468 g/mol. The van der Waals surface area contributed by atoms with Crippen molar-refractivity contribution < 1.29 is 14.0 Å². The summed E-state index contributed by atoms with van der Waals surface area (Å²) >= 11 is 0. The van der Waals surface area contributed by atoms with Crippen molar-refractivity contribution in [3.05, 3.63) is 94.9 Å². The van der Waals surface area contributed by atoms with Gasteiger partial charge in [-0.1, -0.05) is 36.4 Å². The van der Waals surface area contributed by atoms with Gasteiger partial charge in [-0.05, 0) is 73.6 Å². The Bertz CT molecular complexity index is 1390. The Labute approximate surface area is 203 Å². The normalized spacial score (nSPS) is 14.9. The maximum Gasteiger partial charge on any atom is 0.251 e. The fourth-order valence-corrected chi connectivity index (χ4v) is 4.76. The van der Waals surface area contributed by atoms with Crippen LogP contribution in [0.4, 0.5) is 4.39 Å². The van der Waals surface area contributed by atoms with Gasteiger partial charge in [-0.3, -0.25) is 4.79 Å². The molecule has 1 atom stereocenters. The summed E-state index contributed by atoms with van der Waals surface area (Å²) < 4.78 is 13.6. The Morgan fingerprint density at radius 2 is 1.89 bits per heavy atom. The number of rotatable bonds is 7. The lowest BCUT2D eigenvalue weighted by atomic mass is 9.87. The second kappa shape index (κ2) is 10.1. The summed E-state index contributed by atoms with van der Waals surface area (Å²) in [4.78, 5) is 33.7. The van der Waals surface area contributed by atoms with Crippen LogP contribution in [0, 0.1) is 5.82 Å². The molecule has 0 unspecified atom stereocenters. The number of carbonyl (C=O) groups is 2. The number of aromatic nitrogens is 2. The van der Waals surface area contributed by atoms with Crippen LogP contribution in [0.3, 0.4) is 0 Å². The Balaban J connectivity index is 1.45. The third kappa shape index (κ3) is 4.97. The third-order valence-corrected chi connectivity index (χ3v) is 6.51. The van der Waals surface area contributed by atoms with E-state index in [0.717, 1.165) is 53.6 Å². The number of hydrogen-bond acceptors (Lipinski definition) is 4. The molecule has 1 heterocycles. The molecular weight excluding hydrogens is 441 g/mol. The largest absolute Gasteiger partial charge is 0.345 e. The molecule has 6 heteroatoms. The molecule has 5 rings (SSSR count). The molecule has 0 saturated heterocycles. The van der Waals surface area contributed by atoms with E-state index in [-0.39, 0.29) is 17.8 Å². The third-order valence-electron chi connectivity index (χ3n) is 6.51. The number of hydrogen-bond donors (Lipinski definition) is 1. The molecular formula is C29H26FN3O2. The fraction of sp³-hybridized carbons (Fsp3) is 0.241. The molecule has 1 N–H and O–H groups in total. The van der Waals surface area contributed by atoms with Crippen molar-refractivity contribution in [1.82, 2.24) is 15.3 Å². The minimum Gasteiger partial charge on any atom is -0.345 e. The number of fused-ring (bicyclic) bond motifs is 2. The number of carbonyl (C=O) groups excluding carboxylic acids is 2. The van der Waals surface area contributed by atoms with Crippen molar-refractivity contribution >= 4 is 23.2 Å². The second-order valence-corrected chi connectivity index (χ2v) is 8.91. The number of unbranched alkanes of at least 4 members (excludes halogenated alkanes) is 1. The average Bonchev–Trinajstić information content (AvgIpc) is 2.88. The first-order chi connectivity index (χ1) is 17.1. The van der Waals surface area contributed by atoms with Crippen molar-refractivity contribution in [2.45, 2.75) is 44.6 Å². The molecule has 0 radical (unpaired) electrons. The van der Waals surface area contributed by atoms with Crippen LogP contribution in [-0.2, 0) is 17.6 Å². The van der Waals surface area contributed by atoms with E-state index in [9.17, 15) is 14.0 Å². The van der Waals surface area contributed by atoms with Gasteiger partial charge in [0.25, 0.3) is 5.91 Å². The quantitative estimate of drug-likeness (QED) is 0.277. The number of nitrogens with one attached hydrogen (secondary N) is 1. The van der Waals surface area contributed by atoms with Gasteiger partial charge >= 0.3 is 0 Å². The van der Waals surface area contributed by atoms with Gasteiger partial charge in [0.1, 0.15) is 12.1 Å². The fourth-order valence-electron chi connectivity index (χ4n) is 4.76. The number of aryl methyl sites for hydroxylation is 2. The first-order valence-electron chi connectivity index (χ1n) is 12.0. The van der Waals surface area contributed by atoms with Gasteiger partial charge in [-0.2, -0.15) is 0 Å². The number of benzene rings is 3. The Morgan fingerprint density at radius 1 is 1.03 bits per heavy atom. The van der Waals surface area contributed by atoms with Gasteiger partial charge < -0.3 is 10.1 Å². The van der Waals surface area contributed by atoms with E-state index >= 15 is 0 Å². The Hall–Kier alpha value is -3.93. The molecule has 176 valence electrons. The van der Waals surface area contributed by atoms with E-state index in [0.29, 0.717) is 35.9 Å². The molecule has 1 aliphatic carbocycles. The predicted octanol–water partition coefficient (Wildman–Crippen LogP) is 5.76. The van der Waals surface area contributed by atoms with Crippen LogP contribution < -0.4 is 5.32 Å². The zero-order valence-corrected chi connectivity index (χ0v) is 19.3. The molecule has 1 aromatic heterocycles. The van der Waals surface area contributed by atoms with Gasteiger partial charge in [-0.15, -0.1) is 0 Å². The first-order valence-corrected chi connectivity index (χ1v) is 12.0. The highest BCUT2D eigenvalue weighted by Crippen LogP contribution is 2.31. The van der Waals surface area contributed by atoms with E-state index in [1.54, 1.807) is 24.3 Å². The summed E-state index contributed by atoms with van der Waals surface area (Å²) in [5.74, 6) is -0.437. The second-order valence-electron chi connectivity index (χ2n) is 8.91. The van der Waals surface area contributed by atoms with Crippen molar-refractivity contribution in [3.63, 3.8) is 0 Å². The van der Waals surface area contributed by atoms with Crippen LogP contribution in [0.25, 0.3) is 22.3 Å². The van der Waals surface area contributed by atoms with Gasteiger partial charge in [0.2, 0.25) is 0 Å². The van der Waals surface area contributed by atoms with Gasteiger partial charge in [-0.25, -0.2) is 14.4 Å². The van der Waals surface area contributed by atoms with Gasteiger partial charge in [0.15, 0.2) is 0 Å². The first kappa shape index (κ1) is 22.8. The summed E-state index contributed by atoms with van der Waals surface area (Å²) in [5, 5.41) is 3.12. The molecule has 4 aromatic rings. The van der Waals surface area contributed by atoms with Crippen molar-refractivity contribution in [2.24, 2.45) is 0 Å². The number of halogens is 1. The summed E-state index contributed by atoms with van der Waals surface area (Å²) in [7, 11) is 0. The maximum atomic E-state index is 13.6.